The van der Waals surface area contributed by atoms with Gasteiger partial charge in [-0.25, -0.2) is 4.99 Å². The second-order valence-corrected chi connectivity index (χ2v) is 6.67. The molecule has 0 spiro atoms. The molecule has 1 amide bonds. The number of hydrogen-bond acceptors (Lipinski definition) is 3. The molecular formula is C19H31N5O. The Morgan fingerprint density at radius 2 is 1.84 bits per heavy atom. The molecule has 25 heavy (non-hydrogen) atoms. The van der Waals surface area contributed by atoms with Crippen molar-refractivity contribution in [1.82, 2.24) is 15.1 Å². The van der Waals surface area contributed by atoms with Crippen LogP contribution in [0, 0.1) is 6.92 Å². The zero-order valence-electron chi connectivity index (χ0n) is 16.2. The summed E-state index contributed by atoms with van der Waals surface area (Å²) in [6.45, 7) is 10.5. The van der Waals surface area contributed by atoms with Crippen molar-refractivity contribution in [2.45, 2.75) is 27.3 Å². The highest BCUT2D eigenvalue weighted by Crippen LogP contribution is 2.18. The number of rotatable bonds is 4. The van der Waals surface area contributed by atoms with E-state index >= 15 is 0 Å². The van der Waals surface area contributed by atoms with E-state index in [-0.39, 0.29) is 5.91 Å². The summed E-state index contributed by atoms with van der Waals surface area (Å²) in [6, 6.07) is 6.49. The third-order valence-electron chi connectivity index (χ3n) is 4.60. The fourth-order valence-corrected chi connectivity index (χ4v) is 2.95. The summed E-state index contributed by atoms with van der Waals surface area (Å²) in [6.07, 6.45) is 0. The molecule has 1 aromatic rings. The first kappa shape index (κ1) is 19.1. The Morgan fingerprint density at radius 1 is 1.20 bits per heavy atom. The van der Waals surface area contributed by atoms with Gasteiger partial charge in [-0.05, 0) is 37.1 Å². The van der Waals surface area contributed by atoms with Crippen LogP contribution in [-0.2, 0) is 11.3 Å². The fraction of sp³-hybridized carbons (Fsp3) is 0.579. The van der Waals surface area contributed by atoms with E-state index in [1.54, 1.807) is 6.92 Å². The van der Waals surface area contributed by atoms with Crippen LogP contribution in [0.15, 0.2) is 23.2 Å². The fourth-order valence-electron chi connectivity index (χ4n) is 2.95. The van der Waals surface area contributed by atoms with Gasteiger partial charge in [-0.2, -0.15) is 0 Å². The number of amides is 1. The molecule has 1 N–H and O–H groups in total. The predicted molar refractivity (Wildman–Crippen MR) is 104 cm³/mol. The highest BCUT2D eigenvalue weighted by Gasteiger charge is 2.20. The minimum Gasteiger partial charge on any atom is -0.378 e. The smallest absolute Gasteiger partial charge is 0.219 e. The van der Waals surface area contributed by atoms with Crippen molar-refractivity contribution in [2.24, 2.45) is 4.99 Å². The lowest BCUT2D eigenvalue weighted by atomic mass is 10.1. The van der Waals surface area contributed by atoms with Gasteiger partial charge in [0.05, 0.1) is 6.54 Å². The van der Waals surface area contributed by atoms with Crippen LogP contribution in [0.2, 0.25) is 0 Å². The van der Waals surface area contributed by atoms with Crippen molar-refractivity contribution >= 4 is 17.6 Å². The van der Waals surface area contributed by atoms with E-state index in [0.717, 1.165) is 38.7 Å². The average Bonchev–Trinajstić information content (AvgIpc) is 2.59. The van der Waals surface area contributed by atoms with E-state index < -0.39 is 0 Å². The lowest BCUT2D eigenvalue weighted by Crippen LogP contribution is -2.53. The number of carbonyl (C=O) groups is 1. The number of nitrogens with one attached hydrogen (secondary N) is 1. The molecule has 0 atom stereocenters. The second-order valence-electron chi connectivity index (χ2n) is 6.67. The third kappa shape index (κ3) is 5.11. The largest absolute Gasteiger partial charge is 0.378 e. The third-order valence-corrected chi connectivity index (χ3v) is 4.60. The van der Waals surface area contributed by atoms with Crippen molar-refractivity contribution in [1.29, 1.82) is 0 Å². The zero-order chi connectivity index (χ0) is 18.4. The molecule has 138 valence electrons. The molecule has 0 radical (unpaired) electrons. The molecule has 0 aromatic heterocycles. The van der Waals surface area contributed by atoms with Gasteiger partial charge in [-0.1, -0.05) is 6.07 Å². The standard InChI is InChI=1S/C19H31N5O/c1-6-20-19(24-11-9-23(10-12-24)16(3)25)21-14-17-7-8-18(22(4)5)13-15(17)2/h7-8,13H,6,9-12,14H2,1-5H3,(H,20,21). The molecule has 0 aliphatic carbocycles. The van der Waals surface area contributed by atoms with Crippen LogP contribution in [0.3, 0.4) is 0 Å². The van der Waals surface area contributed by atoms with Crippen LogP contribution >= 0.6 is 0 Å². The number of aliphatic imine (C=N–C) groups is 1. The van der Waals surface area contributed by atoms with Gasteiger partial charge >= 0.3 is 0 Å². The topological polar surface area (TPSA) is 51.2 Å². The zero-order valence-corrected chi connectivity index (χ0v) is 16.2. The number of nitrogens with zero attached hydrogens (tertiary/aromatic N) is 4. The molecule has 6 heteroatoms. The van der Waals surface area contributed by atoms with Crippen LogP contribution in [0.5, 0.6) is 0 Å². The van der Waals surface area contributed by atoms with Crippen molar-refractivity contribution in [3.8, 4) is 0 Å². The molecule has 1 aliphatic heterocycles. The molecule has 0 saturated carbocycles. The summed E-state index contributed by atoms with van der Waals surface area (Å²) in [5, 5.41) is 3.38. The maximum atomic E-state index is 11.5. The van der Waals surface area contributed by atoms with E-state index in [9.17, 15) is 4.79 Å². The number of guanidine groups is 1. The number of carbonyl (C=O) groups excluding carboxylic acids is 1. The highest BCUT2D eigenvalue weighted by atomic mass is 16.2. The lowest BCUT2D eigenvalue weighted by molar-refractivity contribution is -0.130. The Labute approximate surface area is 151 Å². The Morgan fingerprint density at radius 3 is 2.36 bits per heavy atom. The van der Waals surface area contributed by atoms with Gasteiger partial charge < -0.3 is 20.0 Å². The van der Waals surface area contributed by atoms with Gasteiger partial charge in [-0.3, -0.25) is 4.79 Å². The Hall–Kier alpha value is -2.24. The van der Waals surface area contributed by atoms with Crippen LogP contribution in [0.4, 0.5) is 5.69 Å². The van der Waals surface area contributed by atoms with Crippen LogP contribution in [0.25, 0.3) is 0 Å². The van der Waals surface area contributed by atoms with E-state index in [4.69, 9.17) is 4.99 Å². The number of anilines is 1. The molecular weight excluding hydrogens is 314 g/mol. The maximum absolute atomic E-state index is 11.5. The minimum absolute atomic E-state index is 0.151. The molecule has 1 aromatic carbocycles. The van der Waals surface area contributed by atoms with E-state index in [0.29, 0.717) is 6.54 Å². The molecule has 1 fully saturated rings. The van der Waals surface area contributed by atoms with Crippen molar-refractivity contribution in [3.05, 3.63) is 29.3 Å². The van der Waals surface area contributed by atoms with Gasteiger partial charge in [0.25, 0.3) is 0 Å². The number of benzene rings is 1. The minimum atomic E-state index is 0.151. The van der Waals surface area contributed by atoms with Crippen LogP contribution in [-0.4, -0.2) is 68.5 Å². The van der Waals surface area contributed by atoms with Gasteiger partial charge in [0.2, 0.25) is 5.91 Å². The van der Waals surface area contributed by atoms with Crippen LogP contribution in [0.1, 0.15) is 25.0 Å². The molecule has 1 saturated heterocycles. The summed E-state index contributed by atoms with van der Waals surface area (Å²) in [4.78, 5) is 22.6. The van der Waals surface area contributed by atoms with E-state index in [1.807, 2.05) is 4.90 Å². The van der Waals surface area contributed by atoms with Crippen molar-refractivity contribution < 1.29 is 4.79 Å². The molecule has 0 unspecified atom stereocenters. The summed E-state index contributed by atoms with van der Waals surface area (Å²) >= 11 is 0. The molecule has 6 nitrogen and oxygen atoms in total. The predicted octanol–water partition coefficient (Wildman–Crippen LogP) is 1.69. The monoisotopic (exact) mass is 345 g/mol. The average molecular weight is 345 g/mol. The van der Waals surface area contributed by atoms with Crippen molar-refractivity contribution in [2.75, 3.05) is 51.7 Å². The SMILES string of the molecule is CCNC(=NCc1ccc(N(C)C)cc1C)N1CCN(C(C)=O)CC1. The van der Waals surface area contributed by atoms with Gasteiger partial charge in [0, 0.05) is 59.4 Å². The Kier molecular flexibility index (Phi) is 6.67. The quantitative estimate of drug-likeness (QED) is 0.666. The van der Waals surface area contributed by atoms with E-state index in [2.05, 4.69) is 61.3 Å². The summed E-state index contributed by atoms with van der Waals surface area (Å²) in [7, 11) is 4.10. The summed E-state index contributed by atoms with van der Waals surface area (Å²) < 4.78 is 0. The van der Waals surface area contributed by atoms with Crippen LogP contribution < -0.4 is 10.2 Å². The summed E-state index contributed by atoms with van der Waals surface area (Å²) in [5.41, 5.74) is 3.70. The molecule has 1 heterocycles. The molecule has 1 aliphatic rings. The Balaban J connectivity index is 2.06. The number of hydrogen-bond donors (Lipinski definition) is 1. The van der Waals surface area contributed by atoms with Gasteiger partial charge in [0.1, 0.15) is 0 Å². The number of piperazine rings is 1. The van der Waals surface area contributed by atoms with Crippen molar-refractivity contribution in [3.63, 3.8) is 0 Å². The van der Waals surface area contributed by atoms with Gasteiger partial charge in [0.15, 0.2) is 5.96 Å². The number of aryl methyl sites for hydroxylation is 1. The highest BCUT2D eigenvalue weighted by molar-refractivity contribution is 5.80. The molecule has 2 rings (SSSR count). The Bertz CT molecular complexity index is 618. The first-order chi connectivity index (χ1) is 11.9. The van der Waals surface area contributed by atoms with E-state index in [1.165, 1.54) is 16.8 Å². The lowest BCUT2D eigenvalue weighted by Gasteiger charge is -2.36. The van der Waals surface area contributed by atoms with Gasteiger partial charge in [-0.15, -0.1) is 0 Å². The first-order valence-corrected chi connectivity index (χ1v) is 8.98. The maximum Gasteiger partial charge on any atom is 0.219 e. The first-order valence-electron chi connectivity index (χ1n) is 8.98. The summed E-state index contributed by atoms with van der Waals surface area (Å²) in [5.74, 6) is 1.08. The normalized spacial score (nSPS) is 15.3. The molecule has 0 bridgehead atoms. The second kappa shape index (κ2) is 8.74.